The van der Waals surface area contributed by atoms with Crippen molar-refractivity contribution in [2.24, 2.45) is 0 Å². The molecule has 0 bridgehead atoms. The Balaban J connectivity index is 2.01. The van der Waals surface area contributed by atoms with Crippen molar-refractivity contribution in [3.63, 3.8) is 0 Å². The molecule has 0 amide bonds. The van der Waals surface area contributed by atoms with Crippen molar-refractivity contribution in [2.45, 2.75) is 38.0 Å². The molecule has 0 fully saturated rings. The number of allylic oxidation sites excluding steroid dienone is 1. The monoisotopic (exact) mass is 474 g/mol. The first-order chi connectivity index (χ1) is 15.6. The highest BCUT2D eigenvalue weighted by molar-refractivity contribution is 7.91. The van der Waals surface area contributed by atoms with Gasteiger partial charge in [-0.15, -0.1) is 0 Å². The SMILES string of the molecule is CCCc1c(OCCCS(=O)(=O)c2ccc(C(=O)C=CC(=O)O)cc2)ccc(C(C)=O)c1O. The van der Waals surface area contributed by atoms with Gasteiger partial charge in [-0.25, -0.2) is 13.2 Å². The van der Waals surface area contributed by atoms with Crippen LogP contribution in [-0.4, -0.2) is 48.5 Å². The third-order valence-electron chi connectivity index (χ3n) is 4.81. The van der Waals surface area contributed by atoms with Crippen molar-refractivity contribution >= 4 is 27.4 Å². The van der Waals surface area contributed by atoms with Gasteiger partial charge in [-0.05, 0) is 62.2 Å². The van der Waals surface area contributed by atoms with Crippen LogP contribution >= 0.6 is 0 Å². The fraction of sp³-hybridized carbons (Fsp3) is 0.292. The number of ether oxygens (including phenoxy) is 1. The molecule has 0 unspecified atom stereocenters. The van der Waals surface area contributed by atoms with Crippen LogP contribution in [0.1, 0.15) is 53.0 Å². The second-order valence-corrected chi connectivity index (χ2v) is 9.43. The van der Waals surface area contributed by atoms with Crippen LogP contribution < -0.4 is 4.74 Å². The van der Waals surface area contributed by atoms with E-state index in [0.29, 0.717) is 23.8 Å². The fourth-order valence-corrected chi connectivity index (χ4v) is 4.43. The number of phenols is 1. The normalized spacial score (nSPS) is 11.5. The predicted octanol–water partition coefficient (Wildman–Crippen LogP) is 3.61. The van der Waals surface area contributed by atoms with Gasteiger partial charge in [0.05, 0.1) is 22.8 Å². The molecular weight excluding hydrogens is 448 g/mol. The van der Waals surface area contributed by atoms with Crippen LogP contribution in [0.15, 0.2) is 53.4 Å². The summed E-state index contributed by atoms with van der Waals surface area (Å²) < 4.78 is 30.8. The van der Waals surface area contributed by atoms with Crippen LogP contribution in [0.3, 0.4) is 0 Å². The predicted molar refractivity (Wildman–Crippen MR) is 122 cm³/mol. The Morgan fingerprint density at radius 3 is 2.27 bits per heavy atom. The molecule has 0 aliphatic carbocycles. The minimum absolute atomic E-state index is 0.0383. The van der Waals surface area contributed by atoms with Gasteiger partial charge in [0.15, 0.2) is 21.4 Å². The molecule has 8 nitrogen and oxygen atoms in total. The first-order valence-electron chi connectivity index (χ1n) is 10.3. The summed E-state index contributed by atoms with van der Waals surface area (Å²) in [6.07, 6.45) is 3.03. The maximum Gasteiger partial charge on any atom is 0.328 e. The zero-order valence-corrected chi connectivity index (χ0v) is 19.2. The molecule has 2 N–H and O–H groups in total. The number of carbonyl (C=O) groups excluding carboxylic acids is 2. The average molecular weight is 475 g/mol. The number of rotatable bonds is 12. The van der Waals surface area contributed by atoms with Gasteiger partial charge in [0.25, 0.3) is 0 Å². The molecule has 0 atom stereocenters. The number of hydrogen-bond acceptors (Lipinski definition) is 7. The second kappa shape index (κ2) is 11.4. The van der Waals surface area contributed by atoms with Gasteiger partial charge in [0, 0.05) is 17.2 Å². The molecule has 0 spiro atoms. The molecule has 0 saturated carbocycles. The smallest absolute Gasteiger partial charge is 0.328 e. The number of phenolic OH excluding ortho intramolecular Hbond substituents is 1. The van der Waals surface area contributed by atoms with Gasteiger partial charge in [-0.2, -0.15) is 0 Å². The van der Waals surface area contributed by atoms with Crippen molar-refractivity contribution in [1.82, 2.24) is 0 Å². The van der Waals surface area contributed by atoms with E-state index in [2.05, 4.69) is 0 Å². The number of carboxylic acid groups (broad SMARTS) is 1. The molecule has 176 valence electrons. The van der Waals surface area contributed by atoms with Crippen molar-refractivity contribution in [3.8, 4) is 11.5 Å². The lowest BCUT2D eigenvalue weighted by Crippen LogP contribution is -2.11. The summed E-state index contributed by atoms with van der Waals surface area (Å²) in [5.74, 6) is -1.95. The number of sulfone groups is 1. The summed E-state index contributed by atoms with van der Waals surface area (Å²) in [6, 6.07) is 8.34. The zero-order valence-electron chi connectivity index (χ0n) is 18.4. The van der Waals surface area contributed by atoms with Crippen molar-refractivity contribution < 1.29 is 37.8 Å². The lowest BCUT2D eigenvalue weighted by atomic mass is 10.0. The average Bonchev–Trinajstić information content (AvgIpc) is 2.77. The van der Waals surface area contributed by atoms with E-state index in [1.807, 2.05) is 6.92 Å². The molecule has 9 heteroatoms. The van der Waals surface area contributed by atoms with Gasteiger partial charge >= 0.3 is 5.97 Å². The Hall–Kier alpha value is -3.46. The van der Waals surface area contributed by atoms with Gasteiger partial charge < -0.3 is 14.9 Å². The number of aliphatic carboxylic acids is 1. The van der Waals surface area contributed by atoms with E-state index in [0.717, 1.165) is 12.5 Å². The molecule has 33 heavy (non-hydrogen) atoms. The Bertz CT molecular complexity index is 1160. The zero-order chi connectivity index (χ0) is 24.6. The highest BCUT2D eigenvalue weighted by Crippen LogP contribution is 2.33. The van der Waals surface area contributed by atoms with Crippen LogP contribution in [0.2, 0.25) is 0 Å². The van der Waals surface area contributed by atoms with Crippen LogP contribution in [-0.2, 0) is 21.1 Å². The van der Waals surface area contributed by atoms with Crippen LogP contribution in [0, 0.1) is 0 Å². The summed E-state index contributed by atoms with van der Waals surface area (Å²) in [7, 11) is -3.63. The van der Waals surface area contributed by atoms with Crippen LogP contribution in [0.5, 0.6) is 11.5 Å². The standard InChI is InChI=1S/C24H26O8S/c1-3-5-20-22(12-10-19(16(2)25)24(20)29)32-14-4-15-33(30,31)18-8-6-17(7-9-18)21(26)11-13-23(27)28/h6-13,29H,3-5,14-15H2,1-2H3,(H,27,28). The van der Waals surface area contributed by atoms with Crippen LogP contribution in [0.4, 0.5) is 0 Å². The van der Waals surface area contributed by atoms with Crippen molar-refractivity contribution in [1.29, 1.82) is 0 Å². The Kier molecular flexibility index (Phi) is 8.93. The molecule has 0 aliphatic rings. The maximum absolute atomic E-state index is 12.6. The highest BCUT2D eigenvalue weighted by Gasteiger charge is 2.18. The van der Waals surface area contributed by atoms with E-state index in [4.69, 9.17) is 9.84 Å². The summed E-state index contributed by atoms with van der Waals surface area (Å²) in [5.41, 5.74) is 0.908. The number of benzene rings is 2. The number of carboxylic acids is 1. The molecule has 0 aromatic heterocycles. The molecule has 2 aromatic carbocycles. The number of hydrogen-bond donors (Lipinski definition) is 2. The van der Waals surface area contributed by atoms with Crippen molar-refractivity contribution in [2.75, 3.05) is 12.4 Å². The minimum Gasteiger partial charge on any atom is -0.507 e. The largest absolute Gasteiger partial charge is 0.507 e. The minimum atomic E-state index is -3.63. The lowest BCUT2D eigenvalue weighted by Gasteiger charge is -2.14. The molecule has 0 aliphatic heterocycles. The molecular formula is C24H26O8S. The quantitative estimate of drug-likeness (QED) is 0.271. The molecule has 0 saturated heterocycles. The van der Waals surface area contributed by atoms with Crippen molar-refractivity contribution in [3.05, 3.63) is 65.2 Å². The number of aromatic hydroxyl groups is 1. The summed E-state index contributed by atoms with van der Waals surface area (Å²) in [6.45, 7) is 3.38. The van der Waals surface area contributed by atoms with E-state index < -0.39 is 21.6 Å². The molecule has 2 aromatic rings. The topological polar surface area (TPSA) is 135 Å². The lowest BCUT2D eigenvalue weighted by molar-refractivity contribution is -0.131. The third kappa shape index (κ3) is 7.01. The summed E-state index contributed by atoms with van der Waals surface area (Å²) >= 11 is 0. The first-order valence-corrected chi connectivity index (χ1v) is 12.0. The summed E-state index contributed by atoms with van der Waals surface area (Å²) in [5, 5.41) is 18.9. The second-order valence-electron chi connectivity index (χ2n) is 7.33. The van der Waals surface area contributed by atoms with E-state index in [-0.39, 0.29) is 46.3 Å². The van der Waals surface area contributed by atoms with Gasteiger partial charge in [-0.1, -0.05) is 13.3 Å². The highest BCUT2D eigenvalue weighted by atomic mass is 32.2. The number of carbonyl (C=O) groups is 3. The molecule has 2 rings (SSSR count). The Morgan fingerprint density at radius 1 is 1.03 bits per heavy atom. The fourth-order valence-electron chi connectivity index (χ4n) is 3.15. The molecule has 0 heterocycles. The van der Waals surface area contributed by atoms with Crippen LogP contribution in [0.25, 0.3) is 0 Å². The maximum atomic E-state index is 12.6. The number of ketones is 2. The van der Waals surface area contributed by atoms with E-state index in [9.17, 15) is 27.9 Å². The third-order valence-corrected chi connectivity index (χ3v) is 6.63. The van der Waals surface area contributed by atoms with Gasteiger partial charge in [0.1, 0.15) is 11.5 Å². The molecule has 0 radical (unpaired) electrons. The number of Topliss-reactive ketones (excluding diaryl/α,β-unsaturated/α-hetero) is 1. The van der Waals surface area contributed by atoms with E-state index >= 15 is 0 Å². The summed E-state index contributed by atoms with van der Waals surface area (Å²) in [4.78, 5) is 34.0. The van der Waals surface area contributed by atoms with Gasteiger partial charge in [-0.3, -0.25) is 9.59 Å². The van der Waals surface area contributed by atoms with Gasteiger partial charge in [0.2, 0.25) is 0 Å². The van der Waals surface area contributed by atoms with E-state index in [1.165, 1.54) is 37.3 Å². The van der Waals surface area contributed by atoms with E-state index in [1.54, 1.807) is 6.07 Å². The Morgan fingerprint density at radius 2 is 1.70 bits per heavy atom. The Labute approximate surface area is 192 Å². The first kappa shape index (κ1) is 25.8.